The Morgan fingerprint density at radius 1 is 0.969 bits per heavy atom. The van der Waals surface area contributed by atoms with Crippen molar-refractivity contribution in [1.29, 1.82) is 0 Å². The fourth-order valence-electron chi connectivity index (χ4n) is 3.19. The number of nitrogens with one attached hydrogen (secondary N) is 2. The zero-order valence-corrected chi connectivity index (χ0v) is 19.4. The van der Waals surface area contributed by atoms with Crippen LogP contribution in [0.5, 0.6) is 0 Å². The summed E-state index contributed by atoms with van der Waals surface area (Å²) >= 11 is 0. The molecule has 0 saturated carbocycles. The van der Waals surface area contributed by atoms with Gasteiger partial charge in [-0.25, -0.2) is 17.5 Å². The smallest absolute Gasteiger partial charge is 0.242 e. The zero-order valence-electron chi connectivity index (χ0n) is 18.6. The van der Waals surface area contributed by atoms with E-state index in [0.717, 1.165) is 5.56 Å². The number of carbonyl (C=O) groups is 2. The molecule has 0 radical (unpaired) electrons. The van der Waals surface area contributed by atoms with Gasteiger partial charge in [0.15, 0.2) is 0 Å². The highest BCUT2D eigenvalue weighted by molar-refractivity contribution is 7.89. The summed E-state index contributed by atoms with van der Waals surface area (Å²) in [6.07, 6.45) is 0.534. The molecule has 2 N–H and O–H groups in total. The summed E-state index contributed by atoms with van der Waals surface area (Å²) in [7, 11) is -3.53. The van der Waals surface area contributed by atoms with E-state index < -0.39 is 16.1 Å². The molecule has 0 aromatic heterocycles. The summed E-state index contributed by atoms with van der Waals surface area (Å²) in [5.41, 5.74) is 1.52. The van der Waals surface area contributed by atoms with Crippen molar-refractivity contribution in [2.24, 2.45) is 0 Å². The van der Waals surface area contributed by atoms with Gasteiger partial charge in [0.25, 0.3) is 0 Å². The molecule has 2 aromatic rings. The Kier molecular flexibility index (Phi) is 9.34. The van der Waals surface area contributed by atoms with Gasteiger partial charge in [-0.15, -0.1) is 0 Å². The first-order chi connectivity index (χ1) is 15.2. The molecule has 0 spiro atoms. The highest BCUT2D eigenvalue weighted by Crippen LogP contribution is 2.15. The molecule has 2 aromatic carbocycles. The van der Waals surface area contributed by atoms with Gasteiger partial charge < -0.3 is 10.2 Å². The van der Waals surface area contributed by atoms with Crippen molar-refractivity contribution >= 4 is 21.8 Å². The van der Waals surface area contributed by atoms with Crippen LogP contribution in [-0.2, 0) is 32.6 Å². The third-order valence-electron chi connectivity index (χ3n) is 4.98. The molecular formula is C23H30FN3O4S. The molecule has 7 nitrogen and oxygen atoms in total. The molecule has 0 saturated heterocycles. The Morgan fingerprint density at radius 3 is 2.12 bits per heavy atom. The molecular weight excluding hydrogens is 433 g/mol. The van der Waals surface area contributed by atoms with Crippen LogP contribution >= 0.6 is 0 Å². The van der Waals surface area contributed by atoms with E-state index in [-0.39, 0.29) is 35.5 Å². The van der Waals surface area contributed by atoms with Crippen LogP contribution in [0.3, 0.4) is 0 Å². The van der Waals surface area contributed by atoms with Gasteiger partial charge in [-0.1, -0.05) is 31.2 Å². The number of carbonyl (C=O) groups excluding carboxylic acids is 2. The summed E-state index contributed by atoms with van der Waals surface area (Å²) in [6, 6.07) is 11.5. The Morgan fingerprint density at radius 2 is 1.56 bits per heavy atom. The zero-order chi connectivity index (χ0) is 23.7. The van der Waals surface area contributed by atoms with Crippen molar-refractivity contribution in [2.75, 3.05) is 13.1 Å². The number of hydrogen-bond donors (Lipinski definition) is 2. The highest BCUT2D eigenvalue weighted by Gasteiger charge is 2.25. The van der Waals surface area contributed by atoms with E-state index in [2.05, 4.69) is 10.0 Å². The number of likely N-dealkylation sites (N-methyl/N-ethyl adjacent to an activating group) is 1. The number of rotatable bonds is 11. The molecule has 0 aliphatic rings. The molecule has 0 fully saturated rings. The topological polar surface area (TPSA) is 95.6 Å². The average Bonchev–Trinajstić information content (AvgIpc) is 2.77. The maximum absolute atomic E-state index is 13.2. The summed E-state index contributed by atoms with van der Waals surface area (Å²) in [6.45, 7) is 6.09. The van der Waals surface area contributed by atoms with Crippen LogP contribution in [0.1, 0.15) is 38.3 Å². The molecule has 0 aliphatic carbocycles. The number of nitrogens with zero attached hydrogens (tertiary/aromatic N) is 1. The molecule has 0 bridgehead atoms. The van der Waals surface area contributed by atoms with Gasteiger partial charge in [-0.2, -0.15) is 0 Å². The van der Waals surface area contributed by atoms with E-state index in [0.29, 0.717) is 25.1 Å². The second-order valence-corrected chi connectivity index (χ2v) is 9.13. The molecule has 1 atom stereocenters. The third-order valence-corrected chi connectivity index (χ3v) is 6.54. The van der Waals surface area contributed by atoms with E-state index >= 15 is 0 Å². The Labute approximate surface area is 189 Å². The molecule has 0 aliphatic heterocycles. The highest BCUT2D eigenvalue weighted by atomic mass is 32.2. The van der Waals surface area contributed by atoms with Crippen molar-refractivity contribution in [3.05, 3.63) is 65.5 Å². The Hall–Kier alpha value is -2.78. The minimum Gasteiger partial charge on any atom is -0.355 e. The van der Waals surface area contributed by atoms with Gasteiger partial charge in [0.05, 0.1) is 4.90 Å². The third kappa shape index (κ3) is 7.13. The number of halogens is 1. The van der Waals surface area contributed by atoms with Crippen molar-refractivity contribution < 1.29 is 22.4 Å². The largest absolute Gasteiger partial charge is 0.355 e. The molecule has 9 heteroatoms. The fraction of sp³-hybridized carbons (Fsp3) is 0.391. The van der Waals surface area contributed by atoms with Gasteiger partial charge in [-0.05, 0) is 55.7 Å². The van der Waals surface area contributed by atoms with Crippen LogP contribution in [0.15, 0.2) is 53.4 Å². The van der Waals surface area contributed by atoms with Crippen molar-refractivity contribution in [2.45, 2.75) is 51.1 Å². The summed E-state index contributed by atoms with van der Waals surface area (Å²) in [5.74, 6) is -0.860. The van der Waals surface area contributed by atoms with Gasteiger partial charge in [0, 0.05) is 26.1 Å². The minimum atomic E-state index is -3.53. The van der Waals surface area contributed by atoms with Crippen molar-refractivity contribution in [3.63, 3.8) is 0 Å². The van der Waals surface area contributed by atoms with E-state index in [9.17, 15) is 22.4 Å². The van der Waals surface area contributed by atoms with Crippen LogP contribution in [0, 0.1) is 5.82 Å². The number of benzene rings is 2. The predicted molar refractivity (Wildman–Crippen MR) is 121 cm³/mol. The average molecular weight is 464 g/mol. The van der Waals surface area contributed by atoms with Crippen LogP contribution in [0.2, 0.25) is 0 Å². The number of amides is 2. The van der Waals surface area contributed by atoms with Crippen LogP contribution in [-0.4, -0.2) is 44.3 Å². The number of hydrogen-bond acceptors (Lipinski definition) is 4. The fourth-order valence-corrected chi connectivity index (χ4v) is 4.24. The number of aryl methyl sites for hydroxylation is 1. The first kappa shape index (κ1) is 25.5. The maximum Gasteiger partial charge on any atom is 0.242 e. The second-order valence-electron chi connectivity index (χ2n) is 7.36. The summed E-state index contributed by atoms with van der Waals surface area (Å²) in [4.78, 5) is 27.0. The maximum atomic E-state index is 13.2. The lowest BCUT2D eigenvalue weighted by atomic mass is 10.1. The monoisotopic (exact) mass is 463 g/mol. The second kappa shape index (κ2) is 11.7. The number of sulfonamides is 1. The van der Waals surface area contributed by atoms with Crippen LogP contribution < -0.4 is 10.0 Å². The summed E-state index contributed by atoms with van der Waals surface area (Å²) < 4.78 is 39.8. The SMILES string of the molecule is CCNC(=O)[C@@H](C)N(Cc1ccc(F)cc1)C(=O)CCc1ccc(S(=O)(=O)NCC)cc1. The van der Waals surface area contributed by atoms with E-state index in [1.165, 1.54) is 29.2 Å². The lowest BCUT2D eigenvalue weighted by molar-refractivity contribution is -0.140. The normalized spacial score (nSPS) is 12.2. The lowest BCUT2D eigenvalue weighted by Gasteiger charge is -2.28. The minimum absolute atomic E-state index is 0.143. The molecule has 32 heavy (non-hydrogen) atoms. The van der Waals surface area contributed by atoms with Gasteiger partial charge in [-0.3, -0.25) is 9.59 Å². The molecule has 0 heterocycles. The van der Waals surface area contributed by atoms with Crippen molar-refractivity contribution in [1.82, 2.24) is 14.9 Å². The predicted octanol–water partition coefficient (Wildman–Crippen LogP) is 2.61. The van der Waals surface area contributed by atoms with Gasteiger partial charge in [0.2, 0.25) is 21.8 Å². The van der Waals surface area contributed by atoms with E-state index in [1.807, 2.05) is 0 Å². The first-order valence-electron chi connectivity index (χ1n) is 10.6. The van der Waals surface area contributed by atoms with Gasteiger partial charge >= 0.3 is 0 Å². The molecule has 2 amide bonds. The van der Waals surface area contributed by atoms with Crippen LogP contribution in [0.25, 0.3) is 0 Å². The Bertz CT molecular complexity index is 1010. The summed E-state index contributed by atoms with van der Waals surface area (Å²) in [5, 5.41) is 2.72. The molecule has 0 unspecified atom stereocenters. The van der Waals surface area contributed by atoms with Crippen molar-refractivity contribution in [3.8, 4) is 0 Å². The van der Waals surface area contributed by atoms with E-state index in [4.69, 9.17) is 0 Å². The first-order valence-corrected chi connectivity index (χ1v) is 12.1. The standard InChI is InChI=1S/C23H30FN3O4S/c1-4-25-23(29)17(3)27(16-19-6-11-20(24)12-7-19)22(28)15-10-18-8-13-21(14-9-18)32(30,31)26-5-2/h6-9,11-14,17,26H,4-5,10,15-16H2,1-3H3,(H,25,29)/t17-/m1/s1. The Balaban J connectivity index is 2.11. The van der Waals surface area contributed by atoms with Gasteiger partial charge in [0.1, 0.15) is 11.9 Å². The molecule has 174 valence electrons. The lowest BCUT2D eigenvalue weighted by Crippen LogP contribution is -2.47. The van der Waals surface area contributed by atoms with Crippen LogP contribution in [0.4, 0.5) is 4.39 Å². The molecule has 2 rings (SSSR count). The van der Waals surface area contributed by atoms with E-state index in [1.54, 1.807) is 45.0 Å². The quantitative estimate of drug-likeness (QED) is 0.536.